The lowest BCUT2D eigenvalue weighted by Crippen LogP contribution is -2.35. The summed E-state index contributed by atoms with van der Waals surface area (Å²) < 4.78 is 17.8. The minimum Gasteiger partial charge on any atom is -0.430 e. The first-order valence-corrected chi connectivity index (χ1v) is 6.18. The molecule has 0 bridgehead atoms. The average Bonchev–Trinajstić information content (AvgIpc) is 2.35. The zero-order valence-corrected chi connectivity index (χ0v) is 10.9. The molecule has 104 valence electrons. The Bertz CT molecular complexity index is 604. The maximum absolute atomic E-state index is 13.0. The number of allylic oxidation sites excluding steroid dienone is 2. The second-order valence-electron chi connectivity index (χ2n) is 4.61. The summed E-state index contributed by atoms with van der Waals surface area (Å²) in [5.74, 6) is -3.47. The van der Waals surface area contributed by atoms with Crippen molar-refractivity contribution in [3.8, 4) is 0 Å². The molecule has 1 aliphatic heterocycles. The summed E-state index contributed by atoms with van der Waals surface area (Å²) in [4.78, 5) is 35.2. The van der Waals surface area contributed by atoms with E-state index in [9.17, 15) is 18.8 Å². The van der Waals surface area contributed by atoms with E-state index in [0.29, 0.717) is 5.56 Å². The summed E-state index contributed by atoms with van der Waals surface area (Å²) in [6, 6.07) is 5.85. The third-order valence-electron chi connectivity index (χ3n) is 3.00. The van der Waals surface area contributed by atoms with Gasteiger partial charge in [-0.3, -0.25) is 14.4 Å². The SMILES string of the molecule is CC1=CC(=O)C(C(=O)CCc2cccc(F)c2)C(=O)O1. The summed E-state index contributed by atoms with van der Waals surface area (Å²) in [6.45, 7) is 1.48. The van der Waals surface area contributed by atoms with Crippen LogP contribution < -0.4 is 0 Å². The Labute approximate surface area is 115 Å². The number of ketones is 2. The molecule has 0 N–H and O–H groups in total. The number of carbonyl (C=O) groups excluding carboxylic acids is 3. The van der Waals surface area contributed by atoms with Crippen molar-refractivity contribution < 1.29 is 23.5 Å². The van der Waals surface area contributed by atoms with Gasteiger partial charge in [0.05, 0.1) is 0 Å². The van der Waals surface area contributed by atoms with Crippen molar-refractivity contribution in [2.75, 3.05) is 0 Å². The number of benzene rings is 1. The van der Waals surface area contributed by atoms with Gasteiger partial charge < -0.3 is 4.74 Å². The highest BCUT2D eigenvalue weighted by Gasteiger charge is 2.36. The zero-order chi connectivity index (χ0) is 14.7. The van der Waals surface area contributed by atoms with Crippen molar-refractivity contribution in [1.82, 2.24) is 0 Å². The quantitative estimate of drug-likeness (QED) is 0.623. The normalized spacial score (nSPS) is 18.5. The molecule has 0 aliphatic carbocycles. The maximum atomic E-state index is 13.0. The molecule has 0 fully saturated rings. The van der Waals surface area contributed by atoms with E-state index >= 15 is 0 Å². The Balaban J connectivity index is 2.02. The second kappa shape index (κ2) is 5.77. The van der Waals surface area contributed by atoms with Crippen molar-refractivity contribution in [3.63, 3.8) is 0 Å². The maximum Gasteiger partial charge on any atom is 0.329 e. The molecule has 1 atom stereocenters. The van der Waals surface area contributed by atoms with E-state index in [2.05, 4.69) is 0 Å². The van der Waals surface area contributed by atoms with Gasteiger partial charge in [-0.1, -0.05) is 12.1 Å². The lowest BCUT2D eigenvalue weighted by atomic mass is 9.92. The highest BCUT2D eigenvalue weighted by atomic mass is 19.1. The van der Waals surface area contributed by atoms with Gasteiger partial charge in [-0.25, -0.2) is 4.39 Å². The molecule has 0 saturated heterocycles. The van der Waals surface area contributed by atoms with Crippen LogP contribution in [0.15, 0.2) is 36.1 Å². The molecule has 0 spiro atoms. The fourth-order valence-corrected chi connectivity index (χ4v) is 2.04. The Hall–Kier alpha value is -2.30. The third-order valence-corrected chi connectivity index (χ3v) is 3.00. The van der Waals surface area contributed by atoms with Crippen LogP contribution in [0.3, 0.4) is 0 Å². The van der Waals surface area contributed by atoms with E-state index in [4.69, 9.17) is 4.74 Å². The Kier molecular flexibility index (Phi) is 4.08. The van der Waals surface area contributed by atoms with E-state index < -0.39 is 23.5 Å². The first-order valence-electron chi connectivity index (χ1n) is 6.18. The van der Waals surface area contributed by atoms with E-state index in [1.807, 2.05) is 0 Å². The van der Waals surface area contributed by atoms with Crippen LogP contribution in [0.1, 0.15) is 18.9 Å². The van der Waals surface area contributed by atoms with E-state index in [-0.39, 0.29) is 24.4 Å². The van der Waals surface area contributed by atoms with Gasteiger partial charge in [-0.05, 0) is 31.0 Å². The summed E-state index contributed by atoms with van der Waals surface area (Å²) in [6.07, 6.45) is 1.41. The van der Waals surface area contributed by atoms with Gasteiger partial charge in [0.2, 0.25) is 0 Å². The molecule has 0 aromatic heterocycles. The standard InChI is InChI=1S/C15H13FO4/c1-9-7-13(18)14(15(19)20-9)12(17)6-5-10-3-2-4-11(16)8-10/h2-4,7-8,14H,5-6H2,1H3. The summed E-state index contributed by atoms with van der Waals surface area (Å²) >= 11 is 0. The molecule has 1 unspecified atom stereocenters. The number of hydrogen-bond donors (Lipinski definition) is 0. The smallest absolute Gasteiger partial charge is 0.329 e. The number of Topliss-reactive ketones (excluding diaryl/α,β-unsaturated/α-hetero) is 1. The number of aryl methyl sites for hydroxylation is 1. The number of ether oxygens (including phenoxy) is 1. The number of cyclic esters (lactones) is 1. The molecule has 1 aromatic rings. The minimum absolute atomic E-state index is 0.0121. The third kappa shape index (κ3) is 3.17. The molecule has 1 heterocycles. The van der Waals surface area contributed by atoms with Crippen molar-refractivity contribution in [1.29, 1.82) is 0 Å². The average molecular weight is 276 g/mol. The first-order chi connectivity index (χ1) is 9.47. The lowest BCUT2D eigenvalue weighted by Gasteiger charge is -2.17. The van der Waals surface area contributed by atoms with Crippen molar-refractivity contribution >= 4 is 17.5 Å². The molecular formula is C15H13FO4. The topological polar surface area (TPSA) is 60.4 Å². The van der Waals surface area contributed by atoms with Crippen LogP contribution >= 0.6 is 0 Å². The molecule has 0 radical (unpaired) electrons. The zero-order valence-electron chi connectivity index (χ0n) is 10.9. The van der Waals surface area contributed by atoms with Crippen LogP contribution in [0.5, 0.6) is 0 Å². The summed E-state index contributed by atoms with van der Waals surface area (Å²) in [7, 11) is 0. The molecule has 2 rings (SSSR count). The summed E-state index contributed by atoms with van der Waals surface area (Å²) in [5.41, 5.74) is 0.640. The number of esters is 1. The predicted molar refractivity (Wildman–Crippen MR) is 68.1 cm³/mol. The van der Waals surface area contributed by atoms with Gasteiger partial charge in [-0.15, -0.1) is 0 Å². The fraction of sp³-hybridized carbons (Fsp3) is 0.267. The van der Waals surface area contributed by atoms with Gasteiger partial charge >= 0.3 is 5.97 Å². The van der Waals surface area contributed by atoms with Crippen LogP contribution in [-0.4, -0.2) is 17.5 Å². The van der Waals surface area contributed by atoms with Crippen LogP contribution in [0.4, 0.5) is 4.39 Å². The van der Waals surface area contributed by atoms with Crippen LogP contribution in [-0.2, 0) is 25.5 Å². The molecule has 20 heavy (non-hydrogen) atoms. The highest BCUT2D eigenvalue weighted by Crippen LogP contribution is 2.18. The van der Waals surface area contributed by atoms with Crippen LogP contribution in [0, 0.1) is 11.7 Å². The lowest BCUT2D eigenvalue weighted by molar-refractivity contribution is -0.152. The van der Waals surface area contributed by atoms with E-state index in [0.717, 1.165) is 6.08 Å². The van der Waals surface area contributed by atoms with Gasteiger partial charge in [0.15, 0.2) is 17.5 Å². The molecule has 0 amide bonds. The van der Waals surface area contributed by atoms with Gasteiger partial charge in [-0.2, -0.15) is 0 Å². The molecule has 1 aliphatic rings. The number of hydrogen-bond acceptors (Lipinski definition) is 4. The number of carbonyl (C=O) groups is 3. The molecule has 4 nitrogen and oxygen atoms in total. The molecule has 0 saturated carbocycles. The van der Waals surface area contributed by atoms with E-state index in [1.165, 1.54) is 19.1 Å². The van der Waals surface area contributed by atoms with Gasteiger partial charge in [0, 0.05) is 12.5 Å². The van der Waals surface area contributed by atoms with E-state index in [1.54, 1.807) is 12.1 Å². The van der Waals surface area contributed by atoms with Crippen molar-refractivity contribution in [3.05, 3.63) is 47.5 Å². The van der Waals surface area contributed by atoms with Crippen molar-refractivity contribution in [2.24, 2.45) is 5.92 Å². The number of halogens is 1. The predicted octanol–water partition coefficient (Wildman–Crippen LogP) is 1.97. The van der Waals surface area contributed by atoms with Gasteiger partial charge in [0.25, 0.3) is 0 Å². The van der Waals surface area contributed by atoms with Gasteiger partial charge in [0.1, 0.15) is 11.6 Å². The minimum atomic E-state index is -1.38. The molecule has 1 aromatic carbocycles. The highest BCUT2D eigenvalue weighted by molar-refractivity contribution is 6.22. The first kappa shape index (κ1) is 14.1. The molecule has 5 heteroatoms. The van der Waals surface area contributed by atoms with Crippen LogP contribution in [0.2, 0.25) is 0 Å². The molecular weight excluding hydrogens is 263 g/mol. The fourth-order valence-electron chi connectivity index (χ4n) is 2.04. The largest absolute Gasteiger partial charge is 0.430 e. The van der Waals surface area contributed by atoms with Crippen molar-refractivity contribution in [2.45, 2.75) is 19.8 Å². The second-order valence-corrected chi connectivity index (χ2v) is 4.61. The monoisotopic (exact) mass is 276 g/mol. The summed E-state index contributed by atoms with van der Waals surface area (Å²) in [5, 5.41) is 0. The number of rotatable bonds is 4. The Morgan fingerprint density at radius 3 is 2.75 bits per heavy atom. The Morgan fingerprint density at radius 2 is 2.10 bits per heavy atom. The Morgan fingerprint density at radius 1 is 1.35 bits per heavy atom. The van der Waals surface area contributed by atoms with Crippen LogP contribution in [0.25, 0.3) is 0 Å².